The highest BCUT2D eigenvalue weighted by molar-refractivity contribution is 14.1. The molecule has 0 bridgehead atoms. The number of Topliss-reactive ketones (excluding diaryl/α,β-unsaturated/α-hetero) is 2. The largest absolute Gasteiger partial charge is 0.481 e. The quantitative estimate of drug-likeness (QED) is 0.0350. The van der Waals surface area contributed by atoms with Gasteiger partial charge in [0.15, 0.2) is 11.6 Å². The van der Waals surface area contributed by atoms with E-state index in [1.807, 2.05) is 0 Å². The number of halogens is 1. The molecule has 0 saturated carbocycles. The molecule has 4 amide bonds. The Kier molecular flexibility index (Phi) is 25.2. The Labute approximate surface area is 380 Å². The van der Waals surface area contributed by atoms with Gasteiger partial charge in [0, 0.05) is 71.5 Å². The lowest BCUT2D eigenvalue weighted by Gasteiger charge is -2.21. The topological polar surface area (TPSA) is 271 Å². The zero-order valence-corrected chi connectivity index (χ0v) is 38.2. The maximum absolute atomic E-state index is 13.3. The first-order valence-corrected chi connectivity index (χ1v) is 21.5. The Bertz CT molecular complexity index is 1840. The van der Waals surface area contributed by atoms with Gasteiger partial charge in [-0.3, -0.25) is 28.8 Å². The third kappa shape index (κ3) is 24.4. The molecule has 2 aromatic rings. The number of benzene rings is 2. The van der Waals surface area contributed by atoms with E-state index in [2.05, 4.69) is 43.9 Å². The van der Waals surface area contributed by atoms with Crippen molar-refractivity contribution in [3.05, 3.63) is 62.7 Å². The molecule has 19 nitrogen and oxygen atoms in total. The summed E-state index contributed by atoms with van der Waals surface area (Å²) in [7, 11) is 0. The third-order valence-electron chi connectivity index (χ3n) is 8.50. The molecule has 0 aliphatic rings. The Morgan fingerprint density at radius 2 is 1.11 bits per heavy atom. The molecule has 2 aromatic carbocycles. The van der Waals surface area contributed by atoms with E-state index >= 15 is 0 Å². The smallest absolute Gasteiger partial charge is 0.408 e. The van der Waals surface area contributed by atoms with Crippen LogP contribution in [0.3, 0.4) is 0 Å². The molecule has 63 heavy (non-hydrogen) atoms. The summed E-state index contributed by atoms with van der Waals surface area (Å²) in [6, 6.07) is 10.0. The van der Waals surface area contributed by atoms with E-state index in [-0.39, 0.29) is 119 Å². The molecular formula is C43H59IN4O15. The number of carboxylic acids is 2. The summed E-state index contributed by atoms with van der Waals surface area (Å²) >= 11 is 2.13. The van der Waals surface area contributed by atoms with Crippen molar-refractivity contribution >= 4 is 75.6 Å². The van der Waals surface area contributed by atoms with Crippen LogP contribution in [0.1, 0.15) is 97.3 Å². The number of hydrogen-bond donors (Lipinski definition) is 6. The molecule has 20 heteroatoms. The number of carbonyl (C=O) groups excluding carboxylic acids is 6. The Morgan fingerprint density at radius 3 is 1.57 bits per heavy atom. The fourth-order valence-electron chi connectivity index (χ4n) is 5.30. The van der Waals surface area contributed by atoms with Crippen molar-refractivity contribution in [3.63, 3.8) is 0 Å². The summed E-state index contributed by atoms with van der Waals surface area (Å²) in [5, 5.41) is 28.3. The molecule has 0 aliphatic carbocycles. The lowest BCUT2D eigenvalue weighted by atomic mass is 9.99. The number of ketones is 2. The van der Waals surface area contributed by atoms with Crippen molar-refractivity contribution in [2.24, 2.45) is 5.92 Å². The van der Waals surface area contributed by atoms with Gasteiger partial charge >= 0.3 is 18.0 Å². The maximum Gasteiger partial charge on any atom is 0.408 e. The van der Waals surface area contributed by atoms with E-state index in [1.54, 1.807) is 45.0 Å². The third-order valence-corrected chi connectivity index (χ3v) is 9.22. The maximum atomic E-state index is 13.3. The van der Waals surface area contributed by atoms with Crippen LogP contribution < -0.4 is 21.3 Å². The zero-order valence-electron chi connectivity index (χ0n) is 36.1. The van der Waals surface area contributed by atoms with Crippen LogP contribution >= 0.6 is 22.6 Å². The van der Waals surface area contributed by atoms with Crippen molar-refractivity contribution in [2.45, 2.75) is 77.9 Å². The summed E-state index contributed by atoms with van der Waals surface area (Å²) in [6.07, 6.45) is -0.604. The molecule has 0 aromatic heterocycles. The van der Waals surface area contributed by atoms with Crippen LogP contribution in [0.15, 0.2) is 42.5 Å². The first-order chi connectivity index (χ1) is 29.8. The lowest BCUT2D eigenvalue weighted by molar-refractivity contribution is -0.143. The number of amides is 4. The molecule has 2 rings (SSSR count). The average Bonchev–Trinajstić information content (AvgIpc) is 3.21. The molecule has 0 heterocycles. The molecular weight excluding hydrogens is 939 g/mol. The van der Waals surface area contributed by atoms with Crippen LogP contribution in [-0.4, -0.2) is 135 Å². The van der Waals surface area contributed by atoms with Crippen LogP contribution in [0.4, 0.5) is 10.5 Å². The number of carboxylic acid groups (broad SMARTS) is 2. The van der Waals surface area contributed by atoms with Crippen LogP contribution in [0.5, 0.6) is 0 Å². The summed E-state index contributed by atoms with van der Waals surface area (Å²) in [5.41, 5.74) is 0.362. The molecule has 0 spiro atoms. The minimum Gasteiger partial charge on any atom is -0.481 e. The summed E-state index contributed by atoms with van der Waals surface area (Å²) in [6.45, 7) is 8.38. The van der Waals surface area contributed by atoms with Crippen molar-refractivity contribution in [1.29, 1.82) is 0 Å². The standard InChI is InChI=1S/C43H59IN4O15/c1-28(40(54)55)23-37(51)45-13-17-61-21-19-59-15-5-7-35(49)30-24-31(26-33(25-30)47-39(53)29-9-11-32(44)12-10-29)36(50)8-6-16-60-20-22-62-18-14-46-38(52)27-34(41(56)57)48-42(58)63-43(2,3)4/h9-12,24-26,28,34H,5-8,13-23,27H2,1-4H3,(H,45,51)(H,46,52)(H,47,53)(H,48,58)(H,54,55)(H,56,57)/t28-,34?/m0/s1. The Balaban J connectivity index is 1.77. The number of carbonyl (C=O) groups is 8. The van der Waals surface area contributed by atoms with Crippen molar-refractivity contribution < 1.29 is 72.3 Å². The van der Waals surface area contributed by atoms with Crippen molar-refractivity contribution in [1.82, 2.24) is 16.0 Å². The minimum absolute atomic E-state index is 0.0925. The Morgan fingerprint density at radius 1 is 0.635 bits per heavy atom. The van der Waals surface area contributed by atoms with Gasteiger partial charge in [0.25, 0.3) is 5.91 Å². The number of ether oxygens (including phenoxy) is 5. The van der Waals surface area contributed by atoms with Gasteiger partial charge in [-0.05, 0) is 98.7 Å². The summed E-state index contributed by atoms with van der Waals surface area (Å²) in [4.78, 5) is 97.7. The number of anilines is 1. The number of aliphatic carboxylic acids is 2. The summed E-state index contributed by atoms with van der Waals surface area (Å²) in [5.74, 6) is -5.09. The highest BCUT2D eigenvalue weighted by atomic mass is 127. The van der Waals surface area contributed by atoms with Gasteiger partial charge in [-0.2, -0.15) is 0 Å². The number of alkyl carbamates (subject to hydrolysis) is 1. The van der Waals surface area contributed by atoms with Crippen molar-refractivity contribution in [3.8, 4) is 0 Å². The number of nitrogens with one attached hydrogen (secondary N) is 4. The first kappa shape index (κ1) is 54.1. The SMILES string of the molecule is C[C@@H](CC(=O)NCCOCCOCCCC(=O)c1cc(NC(=O)c2ccc(I)cc2)cc(C(=O)CCCOCCOCCNC(=O)CC(NC(=O)OC(C)(C)C)C(=O)O)c1)C(=O)O. The molecule has 0 aliphatic heterocycles. The highest BCUT2D eigenvalue weighted by Crippen LogP contribution is 2.21. The van der Waals surface area contributed by atoms with E-state index in [1.165, 1.54) is 25.1 Å². The van der Waals surface area contributed by atoms with Gasteiger partial charge < -0.3 is 55.2 Å². The van der Waals surface area contributed by atoms with Gasteiger partial charge in [-0.15, -0.1) is 0 Å². The van der Waals surface area contributed by atoms with Crippen LogP contribution in [0.2, 0.25) is 0 Å². The molecule has 2 atom stereocenters. The average molecular weight is 999 g/mol. The van der Waals surface area contributed by atoms with Gasteiger partial charge in [-0.1, -0.05) is 6.92 Å². The lowest BCUT2D eigenvalue weighted by Crippen LogP contribution is -2.46. The van der Waals surface area contributed by atoms with Crippen LogP contribution in [-0.2, 0) is 42.9 Å². The fourth-order valence-corrected chi connectivity index (χ4v) is 5.66. The van der Waals surface area contributed by atoms with E-state index in [0.29, 0.717) is 18.4 Å². The second-order valence-corrected chi connectivity index (χ2v) is 16.4. The van der Waals surface area contributed by atoms with Gasteiger partial charge in [0.05, 0.1) is 52.0 Å². The highest BCUT2D eigenvalue weighted by Gasteiger charge is 2.26. The monoisotopic (exact) mass is 998 g/mol. The second kappa shape index (κ2) is 29.4. The Hall–Kier alpha value is -5.03. The minimum atomic E-state index is -1.47. The summed E-state index contributed by atoms with van der Waals surface area (Å²) < 4.78 is 28.0. The zero-order chi connectivity index (χ0) is 46.8. The van der Waals surface area contributed by atoms with E-state index in [4.69, 9.17) is 28.8 Å². The van der Waals surface area contributed by atoms with Crippen LogP contribution in [0.25, 0.3) is 0 Å². The molecule has 6 N–H and O–H groups in total. The second-order valence-electron chi connectivity index (χ2n) is 15.1. The number of rotatable bonds is 31. The van der Waals surface area contributed by atoms with E-state index in [9.17, 15) is 43.5 Å². The predicted molar refractivity (Wildman–Crippen MR) is 237 cm³/mol. The first-order valence-electron chi connectivity index (χ1n) is 20.4. The predicted octanol–water partition coefficient (Wildman–Crippen LogP) is 4.25. The van der Waals surface area contributed by atoms with E-state index < -0.39 is 53.8 Å². The molecule has 1 unspecified atom stereocenters. The normalized spacial score (nSPS) is 12.1. The van der Waals surface area contributed by atoms with E-state index in [0.717, 1.165) is 3.57 Å². The number of hydrogen-bond acceptors (Lipinski definition) is 13. The molecule has 0 saturated heterocycles. The van der Waals surface area contributed by atoms with Crippen LogP contribution in [0, 0.1) is 9.49 Å². The van der Waals surface area contributed by atoms with Crippen molar-refractivity contribution in [2.75, 3.05) is 71.3 Å². The molecule has 348 valence electrons. The van der Waals surface area contributed by atoms with Gasteiger partial charge in [0.2, 0.25) is 11.8 Å². The fraction of sp³-hybridized carbons (Fsp3) is 0.535. The molecule has 0 radical (unpaired) electrons. The van der Waals surface area contributed by atoms with Gasteiger partial charge in [-0.25, -0.2) is 9.59 Å². The van der Waals surface area contributed by atoms with Gasteiger partial charge in [0.1, 0.15) is 11.6 Å². The molecule has 0 fully saturated rings.